The van der Waals surface area contributed by atoms with Gasteiger partial charge in [0.05, 0.1) is 0 Å². The molecule has 8 atom stereocenters. The van der Waals surface area contributed by atoms with Gasteiger partial charge in [-0.1, -0.05) is 26.0 Å². The van der Waals surface area contributed by atoms with Gasteiger partial charge in [-0.05, 0) is 87.0 Å². The van der Waals surface area contributed by atoms with E-state index in [1.807, 2.05) is 0 Å². The molecule has 0 amide bonds. The highest BCUT2D eigenvalue weighted by molar-refractivity contribution is 8.00. The van der Waals surface area contributed by atoms with E-state index in [1.165, 1.54) is 57.2 Å². The molecule has 1 heterocycles. The number of hydrogen-bond acceptors (Lipinski definition) is 3. The molecule has 1 aliphatic heterocycles. The van der Waals surface area contributed by atoms with Crippen molar-refractivity contribution in [2.45, 2.75) is 82.1 Å². The predicted molar refractivity (Wildman–Crippen MR) is 114 cm³/mol. The molecular formula is C24H37NOS. The molecule has 1 N–H and O–H groups in total. The highest BCUT2D eigenvalue weighted by Gasteiger charge is 2.61. The first-order valence-corrected chi connectivity index (χ1v) is 12.4. The Morgan fingerprint density at radius 2 is 1.93 bits per heavy atom. The Hall–Kier alpha value is -0.280. The Morgan fingerprint density at radius 3 is 2.70 bits per heavy atom. The van der Waals surface area contributed by atoms with Crippen molar-refractivity contribution >= 4 is 17.5 Å². The summed E-state index contributed by atoms with van der Waals surface area (Å²) in [6, 6.07) is 0. The van der Waals surface area contributed by atoms with Gasteiger partial charge in [-0.2, -0.15) is 11.8 Å². The first-order valence-electron chi connectivity index (χ1n) is 11.5. The van der Waals surface area contributed by atoms with Gasteiger partial charge in [-0.15, -0.1) is 0 Å². The van der Waals surface area contributed by atoms with E-state index in [1.54, 1.807) is 0 Å². The second-order valence-corrected chi connectivity index (χ2v) is 12.5. The molecule has 2 nitrogen and oxygen atoms in total. The van der Waals surface area contributed by atoms with E-state index in [0.29, 0.717) is 17.1 Å². The van der Waals surface area contributed by atoms with E-state index in [4.69, 9.17) is 0 Å². The van der Waals surface area contributed by atoms with Crippen molar-refractivity contribution in [3.05, 3.63) is 12.2 Å². The van der Waals surface area contributed by atoms with Crippen LogP contribution in [0.4, 0.5) is 0 Å². The third kappa shape index (κ3) is 2.81. The number of carbonyl (C=O) groups excluding carboxylic acids is 1. The number of carbonyl (C=O) groups is 1. The Bertz CT molecular complexity index is 640. The number of Topliss-reactive ketones (excluding diaryl/α,β-unsaturated/α-hetero) is 1. The monoisotopic (exact) mass is 387 g/mol. The molecule has 0 aromatic heterocycles. The minimum Gasteiger partial charge on any atom is -0.316 e. The maximum Gasteiger partial charge on any atom is 0.139 e. The Morgan fingerprint density at radius 1 is 1.07 bits per heavy atom. The van der Waals surface area contributed by atoms with Crippen LogP contribution < -0.4 is 5.32 Å². The first kappa shape index (κ1) is 18.7. The van der Waals surface area contributed by atoms with Crippen LogP contribution in [0.1, 0.15) is 71.6 Å². The smallest absolute Gasteiger partial charge is 0.139 e. The van der Waals surface area contributed by atoms with Crippen LogP contribution in [0.2, 0.25) is 0 Å². The van der Waals surface area contributed by atoms with Crippen molar-refractivity contribution in [1.82, 2.24) is 5.32 Å². The van der Waals surface area contributed by atoms with Crippen molar-refractivity contribution in [2.24, 2.45) is 34.5 Å². The average Bonchev–Trinajstić information content (AvgIpc) is 3.25. The Balaban J connectivity index is 1.35. The summed E-state index contributed by atoms with van der Waals surface area (Å²) < 4.78 is 0. The van der Waals surface area contributed by atoms with Crippen molar-refractivity contribution in [1.29, 1.82) is 0 Å². The maximum absolute atomic E-state index is 12.6. The summed E-state index contributed by atoms with van der Waals surface area (Å²) in [5, 5.41) is 5.21. The second-order valence-electron chi connectivity index (χ2n) is 10.9. The molecule has 0 aromatic carbocycles. The minimum absolute atomic E-state index is 0.00678. The van der Waals surface area contributed by atoms with Crippen molar-refractivity contribution in [3.63, 3.8) is 0 Å². The molecule has 5 fully saturated rings. The van der Waals surface area contributed by atoms with Crippen LogP contribution in [0.15, 0.2) is 12.2 Å². The molecule has 4 aliphatic carbocycles. The molecule has 5 aliphatic rings. The van der Waals surface area contributed by atoms with E-state index >= 15 is 0 Å². The molecule has 150 valence electrons. The fourth-order valence-corrected chi connectivity index (χ4v) is 9.69. The third-order valence-corrected chi connectivity index (χ3v) is 11.3. The molecule has 2 unspecified atom stereocenters. The molecular weight excluding hydrogens is 350 g/mol. The quantitative estimate of drug-likeness (QED) is 0.658. The molecule has 27 heavy (non-hydrogen) atoms. The van der Waals surface area contributed by atoms with Crippen molar-refractivity contribution in [3.8, 4) is 0 Å². The van der Waals surface area contributed by atoms with Gasteiger partial charge in [0.25, 0.3) is 0 Å². The summed E-state index contributed by atoms with van der Waals surface area (Å²) in [7, 11) is 0. The van der Waals surface area contributed by atoms with Crippen molar-refractivity contribution < 1.29 is 4.79 Å². The average molecular weight is 388 g/mol. The Labute approximate surface area is 169 Å². The lowest BCUT2D eigenvalue weighted by molar-refractivity contribution is -0.135. The predicted octanol–water partition coefficient (Wildman–Crippen LogP) is 5.23. The number of thioether (sulfide) groups is 1. The normalized spacial score (nSPS) is 52.4. The fourth-order valence-electron chi connectivity index (χ4n) is 8.12. The van der Waals surface area contributed by atoms with Gasteiger partial charge in [0.1, 0.15) is 5.78 Å². The Kier molecular flexibility index (Phi) is 4.59. The van der Waals surface area contributed by atoms with Crippen LogP contribution in [0.5, 0.6) is 0 Å². The molecule has 0 radical (unpaired) electrons. The van der Waals surface area contributed by atoms with E-state index in [0.717, 1.165) is 47.5 Å². The summed E-state index contributed by atoms with van der Waals surface area (Å²) in [5.41, 5.74) is 1.97. The summed E-state index contributed by atoms with van der Waals surface area (Å²) in [6.45, 7) is 12.0. The number of fused-ring (bicyclic) bond motifs is 5. The van der Waals surface area contributed by atoms with Crippen molar-refractivity contribution in [2.75, 3.05) is 13.1 Å². The van der Waals surface area contributed by atoms with E-state index in [9.17, 15) is 4.79 Å². The largest absolute Gasteiger partial charge is 0.316 e. The van der Waals surface area contributed by atoms with Crippen LogP contribution in [0.25, 0.3) is 0 Å². The van der Waals surface area contributed by atoms with E-state index in [2.05, 4.69) is 37.5 Å². The number of ketones is 1. The zero-order valence-electron chi connectivity index (χ0n) is 17.3. The van der Waals surface area contributed by atoms with Crippen LogP contribution in [-0.2, 0) is 4.79 Å². The van der Waals surface area contributed by atoms with Crippen LogP contribution in [0, 0.1) is 34.5 Å². The highest BCUT2D eigenvalue weighted by atomic mass is 32.2. The summed E-state index contributed by atoms with van der Waals surface area (Å²) >= 11 is 2.28. The van der Waals surface area contributed by atoms with Crippen LogP contribution in [0.3, 0.4) is 0 Å². The summed E-state index contributed by atoms with van der Waals surface area (Å²) in [5.74, 6) is 3.48. The van der Waals surface area contributed by atoms with E-state index in [-0.39, 0.29) is 5.41 Å². The lowest BCUT2D eigenvalue weighted by atomic mass is 9.44. The van der Waals surface area contributed by atoms with Gasteiger partial charge in [-0.3, -0.25) is 4.79 Å². The van der Waals surface area contributed by atoms with E-state index < -0.39 is 0 Å². The summed E-state index contributed by atoms with van der Waals surface area (Å²) in [6.07, 6.45) is 11.1. The van der Waals surface area contributed by atoms with Gasteiger partial charge in [0.15, 0.2) is 0 Å². The van der Waals surface area contributed by atoms with Gasteiger partial charge >= 0.3 is 0 Å². The first-order chi connectivity index (χ1) is 12.9. The number of allylic oxidation sites excluding steroid dienone is 1. The number of hydrogen-bond donors (Lipinski definition) is 1. The van der Waals surface area contributed by atoms with Gasteiger partial charge in [0, 0.05) is 28.9 Å². The zero-order chi connectivity index (χ0) is 18.8. The van der Waals surface area contributed by atoms with Crippen LogP contribution >= 0.6 is 11.8 Å². The van der Waals surface area contributed by atoms with Gasteiger partial charge in [0.2, 0.25) is 0 Å². The topological polar surface area (TPSA) is 29.1 Å². The second kappa shape index (κ2) is 6.62. The third-order valence-electron chi connectivity index (χ3n) is 9.68. The molecule has 0 spiro atoms. The lowest BCUT2D eigenvalue weighted by Crippen LogP contribution is -2.54. The molecule has 0 bridgehead atoms. The van der Waals surface area contributed by atoms with Gasteiger partial charge < -0.3 is 5.32 Å². The molecule has 0 aromatic rings. The van der Waals surface area contributed by atoms with Crippen LogP contribution in [-0.4, -0.2) is 29.4 Å². The molecule has 3 heteroatoms. The SMILES string of the molecule is C=C1C[C@@H]2[C@@H](CC[C@]3(C)C(=O)CC[C@@H]23)[C@@]2(C)CCC(S[C@H]3CCNC3)CC12. The molecule has 1 saturated heterocycles. The van der Waals surface area contributed by atoms with Gasteiger partial charge in [-0.25, -0.2) is 0 Å². The lowest BCUT2D eigenvalue weighted by Gasteiger charge is -2.61. The number of rotatable bonds is 2. The minimum atomic E-state index is -0.00678. The molecule has 5 rings (SSSR count). The standard InChI is InChI=1S/C24H37NOS/c1-15-12-18-19-4-5-22(26)24(19,3)10-7-20(18)23(2)9-6-16(13-21(15)23)27-17-8-11-25-14-17/h16-21,25H,1,4-14H2,2-3H3/t16?,17-,18-,19-,20+,21?,23+,24-/m0/s1. The fraction of sp³-hybridized carbons (Fsp3) is 0.875. The number of nitrogens with one attached hydrogen (secondary N) is 1. The summed E-state index contributed by atoms with van der Waals surface area (Å²) in [4.78, 5) is 12.6. The maximum atomic E-state index is 12.6. The zero-order valence-corrected chi connectivity index (χ0v) is 18.1. The molecule has 4 saturated carbocycles. The highest BCUT2D eigenvalue weighted by Crippen LogP contribution is 2.66.